The van der Waals surface area contributed by atoms with E-state index in [1.54, 1.807) is 6.21 Å². The number of hydrogen-bond donors (Lipinski definition) is 1. The molecule has 1 amide bonds. The van der Waals surface area contributed by atoms with Crippen molar-refractivity contribution in [1.82, 2.24) is 9.99 Å². The minimum atomic E-state index is -0.223. The van der Waals surface area contributed by atoms with Gasteiger partial charge in [0.2, 0.25) is 0 Å². The molecule has 0 aliphatic heterocycles. The smallest absolute Gasteiger partial charge is 0.271 e. The van der Waals surface area contributed by atoms with Crippen molar-refractivity contribution in [2.45, 2.75) is 20.8 Å². The zero-order valence-corrected chi connectivity index (χ0v) is 19.3. The molecule has 0 spiro atoms. The summed E-state index contributed by atoms with van der Waals surface area (Å²) in [5, 5.41) is 6.34. The molecule has 1 aromatic heterocycles. The summed E-state index contributed by atoms with van der Waals surface area (Å²) in [6.45, 7) is 6.25. The summed E-state index contributed by atoms with van der Waals surface area (Å²) in [5.74, 6) is -0.223. The second-order valence-electron chi connectivity index (χ2n) is 7.36. The molecule has 0 fully saturated rings. The SMILES string of the molecule is Cc1cc(-n2c(C)cc(/C=N\NC(=O)c3ccc4ccccc4c3)c2C)ccc1I. The lowest BCUT2D eigenvalue weighted by Crippen LogP contribution is -2.17. The van der Waals surface area contributed by atoms with Crippen LogP contribution in [-0.4, -0.2) is 16.7 Å². The van der Waals surface area contributed by atoms with Crippen LogP contribution in [0.1, 0.15) is 32.9 Å². The fourth-order valence-electron chi connectivity index (χ4n) is 3.64. The maximum atomic E-state index is 12.5. The number of nitrogens with zero attached hydrogens (tertiary/aromatic N) is 2. The predicted molar refractivity (Wildman–Crippen MR) is 132 cm³/mol. The van der Waals surface area contributed by atoms with Gasteiger partial charge >= 0.3 is 0 Å². The van der Waals surface area contributed by atoms with E-state index in [-0.39, 0.29) is 5.91 Å². The van der Waals surface area contributed by atoms with Crippen molar-refractivity contribution in [3.05, 3.63) is 98.4 Å². The predicted octanol–water partition coefficient (Wildman–Crippen LogP) is 5.92. The summed E-state index contributed by atoms with van der Waals surface area (Å²) in [6.07, 6.45) is 1.71. The number of nitrogens with one attached hydrogen (secondary N) is 1. The lowest BCUT2D eigenvalue weighted by atomic mass is 10.1. The highest BCUT2D eigenvalue weighted by Crippen LogP contribution is 2.22. The summed E-state index contributed by atoms with van der Waals surface area (Å²) in [6, 6.07) is 22.1. The average Bonchev–Trinajstić information content (AvgIpc) is 3.03. The van der Waals surface area contributed by atoms with Gasteiger partial charge in [0.05, 0.1) is 6.21 Å². The maximum absolute atomic E-state index is 12.5. The minimum absolute atomic E-state index is 0.223. The zero-order valence-electron chi connectivity index (χ0n) is 17.1. The fourth-order valence-corrected chi connectivity index (χ4v) is 3.97. The molecule has 0 saturated heterocycles. The Morgan fingerprint density at radius 3 is 2.50 bits per heavy atom. The first-order valence-electron chi connectivity index (χ1n) is 9.72. The van der Waals surface area contributed by atoms with Crippen LogP contribution in [0.2, 0.25) is 0 Å². The van der Waals surface area contributed by atoms with E-state index in [9.17, 15) is 4.79 Å². The molecule has 4 rings (SSSR count). The highest BCUT2D eigenvalue weighted by atomic mass is 127. The van der Waals surface area contributed by atoms with Crippen molar-refractivity contribution in [1.29, 1.82) is 0 Å². The Labute approximate surface area is 189 Å². The van der Waals surface area contributed by atoms with Crippen molar-refractivity contribution in [3.63, 3.8) is 0 Å². The molecule has 0 aliphatic rings. The van der Waals surface area contributed by atoms with Gasteiger partial charge < -0.3 is 4.57 Å². The number of hydrazone groups is 1. The second-order valence-corrected chi connectivity index (χ2v) is 8.52. The van der Waals surface area contributed by atoms with E-state index in [2.05, 4.69) is 82.7 Å². The Balaban J connectivity index is 1.54. The van der Waals surface area contributed by atoms with Crippen LogP contribution < -0.4 is 5.43 Å². The molecular formula is C25H22IN3O. The number of carbonyl (C=O) groups is 1. The highest BCUT2D eigenvalue weighted by Gasteiger charge is 2.11. The number of carbonyl (C=O) groups excluding carboxylic acids is 1. The van der Waals surface area contributed by atoms with Gasteiger partial charge in [0.15, 0.2) is 0 Å². The number of benzene rings is 3. The van der Waals surface area contributed by atoms with Crippen molar-refractivity contribution in [2.24, 2.45) is 5.10 Å². The first-order valence-corrected chi connectivity index (χ1v) is 10.8. The third-order valence-electron chi connectivity index (χ3n) is 5.25. The monoisotopic (exact) mass is 507 g/mol. The number of fused-ring (bicyclic) bond motifs is 1. The highest BCUT2D eigenvalue weighted by molar-refractivity contribution is 14.1. The van der Waals surface area contributed by atoms with E-state index in [1.807, 2.05) is 42.5 Å². The molecule has 150 valence electrons. The van der Waals surface area contributed by atoms with Crippen molar-refractivity contribution < 1.29 is 4.79 Å². The third-order valence-corrected chi connectivity index (χ3v) is 6.46. The fraction of sp³-hybridized carbons (Fsp3) is 0.120. The number of halogens is 1. The molecule has 5 heteroatoms. The first-order chi connectivity index (χ1) is 14.4. The minimum Gasteiger partial charge on any atom is -0.318 e. The molecule has 0 atom stereocenters. The summed E-state index contributed by atoms with van der Waals surface area (Å²) >= 11 is 2.35. The van der Waals surface area contributed by atoms with Gasteiger partial charge in [0, 0.05) is 31.8 Å². The van der Waals surface area contributed by atoms with Crippen LogP contribution in [0, 0.1) is 24.3 Å². The standard InChI is InChI=1S/C25H22IN3O/c1-16-12-23(10-11-24(16)26)29-17(2)13-22(18(29)3)15-27-28-25(30)21-9-8-19-6-4-5-7-20(19)14-21/h4-15H,1-3H3,(H,28,30)/b27-15-. The molecule has 1 heterocycles. The Morgan fingerprint density at radius 2 is 1.73 bits per heavy atom. The van der Waals surface area contributed by atoms with Crippen LogP contribution >= 0.6 is 22.6 Å². The van der Waals surface area contributed by atoms with Gasteiger partial charge in [0.25, 0.3) is 5.91 Å². The van der Waals surface area contributed by atoms with E-state index < -0.39 is 0 Å². The van der Waals surface area contributed by atoms with Crippen LogP contribution in [0.25, 0.3) is 16.5 Å². The van der Waals surface area contributed by atoms with Crippen LogP contribution in [0.15, 0.2) is 71.8 Å². The van der Waals surface area contributed by atoms with Crippen LogP contribution in [0.5, 0.6) is 0 Å². The maximum Gasteiger partial charge on any atom is 0.271 e. The van der Waals surface area contributed by atoms with Gasteiger partial charge in [-0.15, -0.1) is 0 Å². The third kappa shape index (κ3) is 4.03. The lowest BCUT2D eigenvalue weighted by molar-refractivity contribution is 0.0955. The topological polar surface area (TPSA) is 46.4 Å². The molecular weight excluding hydrogens is 485 g/mol. The molecule has 0 unspecified atom stereocenters. The van der Waals surface area contributed by atoms with Gasteiger partial charge in [-0.3, -0.25) is 4.79 Å². The van der Waals surface area contributed by atoms with Crippen LogP contribution in [-0.2, 0) is 0 Å². The summed E-state index contributed by atoms with van der Waals surface area (Å²) < 4.78 is 3.45. The zero-order chi connectivity index (χ0) is 21.3. The van der Waals surface area contributed by atoms with Gasteiger partial charge in [-0.05, 0) is 96.1 Å². The summed E-state index contributed by atoms with van der Waals surface area (Å²) in [7, 11) is 0. The summed E-state index contributed by atoms with van der Waals surface area (Å²) in [5.41, 5.74) is 8.79. The van der Waals surface area contributed by atoms with Crippen molar-refractivity contribution >= 4 is 45.5 Å². The molecule has 4 aromatic rings. The molecule has 30 heavy (non-hydrogen) atoms. The number of rotatable bonds is 4. The van der Waals surface area contributed by atoms with Crippen LogP contribution in [0.4, 0.5) is 0 Å². The number of aromatic nitrogens is 1. The Kier molecular flexibility index (Phi) is 5.72. The van der Waals surface area contributed by atoms with E-state index in [0.717, 1.165) is 33.4 Å². The summed E-state index contributed by atoms with van der Waals surface area (Å²) in [4.78, 5) is 12.5. The molecule has 0 saturated carbocycles. The molecule has 4 nitrogen and oxygen atoms in total. The molecule has 1 N–H and O–H groups in total. The molecule has 0 aliphatic carbocycles. The van der Waals surface area contributed by atoms with Gasteiger partial charge in [0.1, 0.15) is 0 Å². The van der Waals surface area contributed by atoms with E-state index in [1.165, 1.54) is 9.13 Å². The Morgan fingerprint density at radius 1 is 0.967 bits per heavy atom. The molecule has 0 radical (unpaired) electrons. The quantitative estimate of drug-likeness (QED) is 0.208. The second kappa shape index (κ2) is 8.44. The first kappa shape index (κ1) is 20.3. The van der Waals surface area contributed by atoms with E-state index in [4.69, 9.17) is 0 Å². The Bertz CT molecular complexity index is 1290. The van der Waals surface area contributed by atoms with E-state index in [0.29, 0.717) is 5.56 Å². The molecule has 0 bridgehead atoms. The number of aryl methyl sites for hydroxylation is 2. The number of hydrogen-bond acceptors (Lipinski definition) is 2. The largest absolute Gasteiger partial charge is 0.318 e. The average molecular weight is 507 g/mol. The van der Waals surface area contributed by atoms with Gasteiger partial charge in [-0.25, -0.2) is 5.43 Å². The van der Waals surface area contributed by atoms with Crippen LogP contribution in [0.3, 0.4) is 0 Å². The van der Waals surface area contributed by atoms with Gasteiger partial charge in [-0.2, -0.15) is 5.10 Å². The number of amides is 1. The Hall–Kier alpha value is -2.93. The molecule has 3 aromatic carbocycles. The van der Waals surface area contributed by atoms with Crippen molar-refractivity contribution in [2.75, 3.05) is 0 Å². The normalized spacial score (nSPS) is 11.3. The van der Waals surface area contributed by atoms with E-state index >= 15 is 0 Å². The lowest BCUT2D eigenvalue weighted by Gasteiger charge is -2.11. The van der Waals surface area contributed by atoms with Gasteiger partial charge in [-0.1, -0.05) is 30.3 Å². The van der Waals surface area contributed by atoms with Crippen molar-refractivity contribution in [3.8, 4) is 5.69 Å².